The van der Waals surface area contributed by atoms with Gasteiger partial charge < -0.3 is 4.74 Å². The number of hydrogen-bond donors (Lipinski definition) is 0. The summed E-state index contributed by atoms with van der Waals surface area (Å²) >= 11 is 0. The summed E-state index contributed by atoms with van der Waals surface area (Å²) in [5.74, 6) is 0.259. The van der Waals surface area contributed by atoms with Crippen LogP contribution in [0.5, 0.6) is 5.75 Å². The van der Waals surface area contributed by atoms with Crippen molar-refractivity contribution in [3.63, 3.8) is 0 Å². The van der Waals surface area contributed by atoms with E-state index >= 15 is 0 Å². The van der Waals surface area contributed by atoms with E-state index in [1.807, 2.05) is 30.3 Å². The van der Waals surface area contributed by atoms with Gasteiger partial charge >= 0.3 is 0 Å². The molecule has 0 fully saturated rings. The third-order valence-electron chi connectivity index (χ3n) is 5.14. The molecule has 0 atom stereocenters. The number of fused-ring (bicyclic) bond motifs is 1. The Bertz CT molecular complexity index is 1520. The zero-order valence-electron chi connectivity index (χ0n) is 17.4. The molecule has 3 heterocycles. The first-order chi connectivity index (χ1) is 15.5. The Hall–Kier alpha value is -4.33. The quantitative estimate of drug-likeness (QED) is 0.432. The summed E-state index contributed by atoms with van der Waals surface area (Å²) in [4.78, 5) is 17.1. The van der Waals surface area contributed by atoms with Gasteiger partial charge in [0.2, 0.25) is 5.43 Å². The van der Waals surface area contributed by atoms with E-state index in [4.69, 9.17) is 4.74 Å². The van der Waals surface area contributed by atoms with Crippen LogP contribution in [-0.4, -0.2) is 31.7 Å². The van der Waals surface area contributed by atoms with Gasteiger partial charge in [0, 0.05) is 29.4 Å². The number of para-hydroxylation sites is 1. The molecular weight excluding hydrogens is 409 g/mol. The summed E-state index contributed by atoms with van der Waals surface area (Å²) in [5, 5.41) is 9.57. The van der Waals surface area contributed by atoms with Crippen LogP contribution >= 0.6 is 0 Å². The second-order valence-corrected chi connectivity index (χ2v) is 7.22. The molecule has 0 saturated heterocycles. The average Bonchev–Trinajstić information content (AvgIpc) is 3.29. The fraction of sp³-hybridized carbons (Fsp3) is 0.0833. The van der Waals surface area contributed by atoms with Crippen molar-refractivity contribution < 1.29 is 9.13 Å². The fourth-order valence-electron chi connectivity index (χ4n) is 3.65. The number of pyridine rings is 1. The number of hydrogen-bond acceptors (Lipinski definition) is 5. The molecule has 0 N–H and O–H groups in total. The number of aryl methyl sites for hydroxylation is 1. The first-order valence-corrected chi connectivity index (χ1v) is 9.90. The third-order valence-corrected chi connectivity index (χ3v) is 5.14. The summed E-state index contributed by atoms with van der Waals surface area (Å²) in [6.45, 7) is 1.79. The van der Waals surface area contributed by atoms with Crippen molar-refractivity contribution in [3.05, 3.63) is 94.8 Å². The van der Waals surface area contributed by atoms with E-state index in [2.05, 4.69) is 15.2 Å². The highest BCUT2D eigenvalue weighted by atomic mass is 19.1. The SMILES string of the molecule is COc1cccc(-n2ccc(=O)c(-c3ccnn3-c3cc(C)nc4c(F)cccc34)n2)c1. The lowest BCUT2D eigenvalue weighted by atomic mass is 10.1. The van der Waals surface area contributed by atoms with E-state index in [9.17, 15) is 9.18 Å². The van der Waals surface area contributed by atoms with Crippen molar-refractivity contribution in [3.8, 4) is 28.5 Å². The minimum absolute atomic E-state index is 0.215. The minimum atomic E-state index is -0.417. The molecule has 8 heteroatoms. The predicted octanol–water partition coefficient (Wildman–Crippen LogP) is 4.09. The van der Waals surface area contributed by atoms with Crippen molar-refractivity contribution in [2.24, 2.45) is 0 Å². The Morgan fingerprint density at radius 2 is 1.88 bits per heavy atom. The number of rotatable bonds is 4. The van der Waals surface area contributed by atoms with E-state index in [0.717, 1.165) is 5.69 Å². The van der Waals surface area contributed by atoms with Crippen molar-refractivity contribution in [2.75, 3.05) is 7.11 Å². The van der Waals surface area contributed by atoms with Crippen LogP contribution in [0.1, 0.15) is 5.69 Å². The Morgan fingerprint density at radius 1 is 1.03 bits per heavy atom. The summed E-state index contributed by atoms with van der Waals surface area (Å²) < 4.78 is 22.9. The molecule has 5 aromatic rings. The molecule has 3 aromatic heterocycles. The number of aromatic nitrogens is 5. The highest BCUT2D eigenvalue weighted by molar-refractivity contribution is 5.88. The predicted molar refractivity (Wildman–Crippen MR) is 119 cm³/mol. The van der Waals surface area contributed by atoms with Crippen LogP contribution in [0.2, 0.25) is 0 Å². The zero-order valence-corrected chi connectivity index (χ0v) is 17.4. The highest BCUT2D eigenvalue weighted by Crippen LogP contribution is 2.27. The molecule has 5 rings (SSSR count). The summed E-state index contributed by atoms with van der Waals surface area (Å²) in [6.07, 6.45) is 3.18. The van der Waals surface area contributed by atoms with Gasteiger partial charge in [0.25, 0.3) is 0 Å². The van der Waals surface area contributed by atoms with E-state index in [1.165, 1.54) is 12.1 Å². The highest BCUT2D eigenvalue weighted by Gasteiger charge is 2.17. The minimum Gasteiger partial charge on any atom is -0.497 e. The van der Waals surface area contributed by atoms with Gasteiger partial charge in [-0.1, -0.05) is 18.2 Å². The second-order valence-electron chi connectivity index (χ2n) is 7.22. The van der Waals surface area contributed by atoms with Gasteiger partial charge in [0.15, 0.2) is 5.69 Å². The van der Waals surface area contributed by atoms with Crippen LogP contribution < -0.4 is 10.2 Å². The average molecular weight is 427 g/mol. The standard InChI is InChI=1S/C24H18FN5O2/c1-15-13-21(18-7-4-8-19(25)23(18)27-15)30-20(9-11-26-30)24-22(31)10-12-29(28-24)16-5-3-6-17(14-16)32-2/h3-14H,1-2H3. The topological polar surface area (TPSA) is 74.8 Å². The van der Waals surface area contributed by atoms with E-state index in [-0.39, 0.29) is 16.6 Å². The summed E-state index contributed by atoms with van der Waals surface area (Å²) in [7, 11) is 1.59. The molecular formula is C24H18FN5O2. The van der Waals surface area contributed by atoms with Gasteiger partial charge in [-0.3, -0.25) is 4.79 Å². The lowest BCUT2D eigenvalue weighted by Crippen LogP contribution is -2.15. The first-order valence-electron chi connectivity index (χ1n) is 9.90. The van der Waals surface area contributed by atoms with Gasteiger partial charge in [0.05, 0.1) is 30.4 Å². The summed E-state index contributed by atoms with van der Waals surface area (Å²) in [6, 6.07) is 17.1. The Labute approximate surface area is 182 Å². The maximum Gasteiger partial charge on any atom is 0.209 e. The number of ether oxygens (including phenoxy) is 1. The lowest BCUT2D eigenvalue weighted by Gasteiger charge is -2.13. The van der Waals surface area contributed by atoms with Crippen LogP contribution in [0.4, 0.5) is 4.39 Å². The molecule has 0 amide bonds. The number of methoxy groups -OCH3 is 1. The van der Waals surface area contributed by atoms with Crippen LogP contribution in [-0.2, 0) is 0 Å². The Kier molecular flexibility index (Phi) is 4.74. The van der Waals surface area contributed by atoms with Gasteiger partial charge in [-0.15, -0.1) is 0 Å². The van der Waals surface area contributed by atoms with Crippen molar-refractivity contribution in [1.29, 1.82) is 0 Å². The molecule has 0 spiro atoms. The normalized spacial score (nSPS) is 11.1. The maximum atomic E-state index is 14.4. The number of benzene rings is 2. The van der Waals surface area contributed by atoms with Crippen molar-refractivity contribution in [1.82, 2.24) is 24.5 Å². The molecule has 0 bridgehead atoms. The van der Waals surface area contributed by atoms with Crippen LogP contribution in [0.3, 0.4) is 0 Å². The van der Waals surface area contributed by atoms with Gasteiger partial charge in [0.1, 0.15) is 17.1 Å². The molecule has 32 heavy (non-hydrogen) atoms. The molecule has 2 aromatic carbocycles. The third kappa shape index (κ3) is 3.31. The molecule has 7 nitrogen and oxygen atoms in total. The van der Waals surface area contributed by atoms with E-state index in [1.54, 1.807) is 54.0 Å². The van der Waals surface area contributed by atoms with Crippen LogP contribution in [0, 0.1) is 12.7 Å². The van der Waals surface area contributed by atoms with Gasteiger partial charge in [-0.2, -0.15) is 10.2 Å². The number of nitrogens with zero attached hydrogens (tertiary/aromatic N) is 5. The van der Waals surface area contributed by atoms with Gasteiger partial charge in [-0.25, -0.2) is 18.7 Å². The van der Waals surface area contributed by atoms with Crippen LogP contribution in [0.25, 0.3) is 33.7 Å². The first kappa shape index (κ1) is 19.6. The molecule has 0 radical (unpaired) electrons. The Balaban J connectivity index is 1.71. The maximum absolute atomic E-state index is 14.4. The molecule has 158 valence electrons. The molecule has 0 saturated carbocycles. The number of halogens is 1. The van der Waals surface area contributed by atoms with Gasteiger partial charge in [-0.05, 0) is 37.3 Å². The van der Waals surface area contributed by atoms with E-state index in [0.29, 0.717) is 28.2 Å². The largest absolute Gasteiger partial charge is 0.497 e. The molecule has 0 aliphatic rings. The second kappa shape index (κ2) is 7.73. The molecule has 0 unspecified atom stereocenters. The lowest BCUT2D eigenvalue weighted by molar-refractivity contribution is 0.414. The van der Waals surface area contributed by atoms with Crippen LogP contribution in [0.15, 0.2) is 77.9 Å². The molecule has 0 aliphatic heterocycles. The van der Waals surface area contributed by atoms with E-state index < -0.39 is 5.82 Å². The van der Waals surface area contributed by atoms with Crippen molar-refractivity contribution >= 4 is 10.9 Å². The zero-order chi connectivity index (χ0) is 22.2. The molecule has 0 aliphatic carbocycles. The smallest absolute Gasteiger partial charge is 0.209 e. The summed E-state index contributed by atoms with van der Waals surface area (Å²) in [5.41, 5.74) is 2.68. The van der Waals surface area contributed by atoms with Crippen molar-refractivity contribution in [2.45, 2.75) is 6.92 Å². The fourth-order valence-corrected chi connectivity index (χ4v) is 3.65. The monoisotopic (exact) mass is 427 g/mol. The Morgan fingerprint density at radius 3 is 2.72 bits per heavy atom.